The number of hydrogen-bond acceptors (Lipinski definition) is 3. The van der Waals surface area contributed by atoms with Crippen molar-refractivity contribution in [3.05, 3.63) is 73.3 Å². The van der Waals surface area contributed by atoms with Gasteiger partial charge in [0.25, 0.3) is 0 Å². The molecule has 0 aliphatic carbocycles. The van der Waals surface area contributed by atoms with Crippen LogP contribution in [0.3, 0.4) is 0 Å². The summed E-state index contributed by atoms with van der Waals surface area (Å²) in [6.45, 7) is 0. The van der Waals surface area contributed by atoms with Gasteiger partial charge in [0.1, 0.15) is 5.65 Å². The standard InChI is InChI=1S/C18H14N4/c19-15-4-1-3-13(11-15)18-16(5-2-8-21-18)14-6-7-17-20-9-10-22(17)12-14/h1-12H,19H2. The van der Waals surface area contributed by atoms with Gasteiger partial charge in [0.15, 0.2) is 0 Å². The summed E-state index contributed by atoms with van der Waals surface area (Å²) in [5.41, 5.74) is 11.7. The van der Waals surface area contributed by atoms with Crippen LogP contribution in [-0.4, -0.2) is 14.4 Å². The summed E-state index contributed by atoms with van der Waals surface area (Å²) >= 11 is 0. The first kappa shape index (κ1) is 12.6. The predicted molar refractivity (Wildman–Crippen MR) is 88.3 cm³/mol. The average Bonchev–Trinajstić information content (AvgIpc) is 3.02. The van der Waals surface area contributed by atoms with Crippen molar-refractivity contribution < 1.29 is 0 Å². The van der Waals surface area contributed by atoms with Gasteiger partial charge >= 0.3 is 0 Å². The van der Waals surface area contributed by atoms with Gasteiger partial charge in [0.05, 0.1) is 5.69 Å². The Morgan fingerprint density at radius 1 is 0.864 bits per heavy atom. The minimum Gasteiger partial charge on any atom is -0.399 e. The molecule has 4 heteroatoms. The maximum absolute atomic E-state index is 5.91. The van der Waals surface area contributed by atoms with Crippen molar-refractivity contribution in [1.82, 2.24) is 14.4 Å². The molecule has 0 amide bonds. The number of rotatable bonds is 2. The third-order valence-corrected chi connectivity index (χ3v) is 3.67. The van der Waals surface area contributed by atoms with Gasteiger partial charge in [-0.05, 0) is 30.3 Å². The van der Waals surface area contributed by atoms with Crippen molar-refractivity contribution in [2.75, 3.05) is 5.73 Å². The van der Waals surface area contributed by atoms with E-state index in [-0.39, 0.29) is 0 Å². The largest absolute Gasteiger partial charge is 0.399 e. The molecule has 3 heterocycles. The van der Waals surface area contributed by atoms with Crippen LogP contribution in [0.2, 0.25) is 0 Å². The molecule has 0 aliphatic rings. The van der Waals surface area contributed by atoms with Crippen molar-refractivity contribution in [2.45, 2.75) is 0 Å². The minimum absolute atomic E-state index is 0.735. The molecule has 0 unspecified atom stereocenters. The van der Waals surface area contributed by atoms with E-state index in [1.807, 2.05) is 47.0 Å². The van der Waals surface area contributed by atoms with Crippen molar-refractivity contribution in [3.63, 3.8) is 0 Å². The van der Waals surface area contributed by atoms with Crippen molar-refractivity contribution in [3.8, 4) is 22.4 Å². The van der Waals surface area contributed by atoms with E-state index in [4.69, 9.17) is 5.73 Å². The number of fused-ring (bicyclic) bond motifs is 1. The first-order valence-electron chi connectivity index (χ1n) is 7.05. The van der Waals surface area contributed by atoms with Gasteiger partial charge in [-0.15, -0.1) is 0 Å². The molecule has 3 aromatic heterocycles. The van der Waals surface area contributed by atoms with Crippen molar-refractivity contribution in [2.24, 2.45) is 0 Å². The molecular formula is C18H14N4. The smallest absolute Gasteiger partial charge is 0.136 e. The van der Waals surface area contributed by atoms with Crippen LogP contribution < -0.4 is 5.73 Å². The molecule has 0 fully saturated rings. The lowest BCUT2D eigenvalue weighted by atomic mass is 10.0. The van der Waals surface area contributed by atoms with Crippen LogP contribution in [0, 0.1) is 0 Å². The number of nitrogens with two attached hydrogens (primary N) is 1. The summed E-state index contributed by atoms with van der Waals surface area (Å²) in [5, 5.41) is 0. The van der Waals surface area contributed by atoms with E-state index >= 15 is 0 Å². The Morgan fingerprint density at radius 3 is 2.73 bits per heavy atom. The monoisotopic (exact) mass is 286 g/mol. The summed E-state index contributed by atoms with van der Waals surface area (Å²) in [7, 11) is 0. The molecule has 4 rings (SSSR count). The summed E-state index contributed by atoms with van der Waals surface area (Å²) in [6.07, 6.45) is 7.60. The summed E-state index contributed by atoms with van der Waals surface area (Å²) in [6, 6.07) is 15.9. The third kappa shape index (κ3) is 2.11. The van der Waals surface area contributed by atoms with Gasteiger partial charge in [-0.25, -0.2) is 4.98 Å². The first-order valence-corrected chi connectivity index (χ1v) is 7.05. The number of pyridine rings is 2. The Balaban J connectivity index is 1.92. The third-order valence-electron chi connectivity index (χ3n) is 3.67. The number of anilines is 1. The lowest BCUT2D eigenvalue weighted by Crippen LogP contribution is -1.92. The number of nitrogen functional groups attached to an aromatic ring is 1. The van der Waals surface area contributed by atoms with Crippen molar-refractivity contribution >= 4 is 11.3 Å². The molecule has 0 atom stereocenters. The van der Waals surface area contributed by atoms with Crippen LogP contribution in [0.15, 0.2) is 73.3 Å². The minimum atomic E-state index is 0.735. The number of nitrogens with zero attached hydrogens (tertiary/aromatic N) is 3. The normalized spacial score (nSPS) is 10.9. The topological polar surface area (TPSA) is 56.2 Å². The van der Waals surface area contributed by atoms with E-state index in [0.717, 1.165) is 33.7 Å². The van der Waals surface area contributed by atoms with E-state index in [0.29, 0.717) is 0 Å². The van der Waals surface area contributed by atoms with Gasteiger partial charge in [0.2, 0.25) is 0 Å². The molecule has 4 nitrogen and oxygen atoms in total. The fourth-order valence-corrected chi connectivity index (χ4v) is 2.63. The SMILES string of the molecule is Nc1cccc(-c2ncccc2-c2ccc3nccn3c2)c1. The molecule has 0 radical (unpaired) electrons. The second-order valence-electron chi connectivity index (χ2n) is 5.14. The van der Waals surface area contributed by atoms with Gasteiger partial charge in [0, 0.05) is 47.2 Å². The molecule has 106 valence electrons. The Kier molecular flexibility index (Phi) is 2.86. The van der Waals surface area contributed by atoms with E-state index in [9.17, 15) is 0 Å². The number of imidazole rings is 1. The van der Waals surface area contributed by atoms with Crippen molar-refractivity contribution in [1.29, 1.82) is 0 Å². The molecule has 0 saturated carbocycles. The van der Waals surface area contributed by atoms with E-state index in [2.05, 4.69) is 28.3 Å². The van der Waals surface area contributed by atoms with Crippen LogP contribution in [0.4, 0.5) is 5.69 Å². The zero-order chi connectivity index (χ0) is 14.9. The van der Waals surface area contributed by atoms with Gasteiger partial charge in [-0.3, -0.25) is 4.98 Å². The molecule has 0 bridgehead atoms. The summed E-state index contributed by atoms with van der Waals surface area (Å²) in [4.78, 5) is 8.83. The highest BCUT2D eigenvalue weighted by Gasteiger charge is 2.09. The highest BCUT2D eigenvalue weighted by Crippen LogP contribution is 2.30. The van der Waals surface area contributed by atoms with E-state index < -0.39 is 0 Å². The average molecular weight is 286 g/mol. The fourth-order valence-electron chi connectivity index (χ4n) is 2.63. The number of hydrogen-bond donors (Lipinski definition) is 1. The zero-order valence-corrected chi connectivity index (χ0v) is 11.8. The Labute approximate surface area is 127 Å². The zero-order valence-electron chi connectivity index (χ0n) is 11.8. The summed E-state index contributed by atoms with van der Waals surface area (Å²) in [5.74, 6) is 0. The van der Waals surface area contributed by atoms with Gasteiger partial charge in [-0.2, -0.15) is 0 Å². The van der Waals surface area contributed by atoms with Crippen LogP contribution in [0.25, 0.3) is 28.0 Å². The second-order valence-corrected chi connectivity index (χ2v) is 5.14. The highest BCUT2D eigenvalue weighted by molar-refractivity contribution is 5.81. The fraction of sp³-hybridized carbons (Fsp3) is 0. The molecule has 4 aromatic rings. The lowest BCUT2D eigenvalue weighted by Gasteiger charge is -2.10. The van der Waals surface area contributed by atoms with E-state index in [1.54, 1.807) is 12.4 Å². The molecule has 0 saturated heterocycles. The highest BCUT2D eigenvalue weighted by atomic mass is 15.0. The second kappa shape index (κ2) is 5.00. The first-order chi connectivity index (χ1) is 10.8. The molecule has 2 N–H and O–H groups in total. The molecule has 22 heavy (non-hydrogen) atoms. The van der Waals surface area contributed by atoms with Crippen LogP contribution in [0.5, 0.6) is 0 Å². The maximum Gasteiger partial charge on any atom is 0.136 e. The number of benzene rings is 1. The van der Waals surface area contributed by atoms with Crippen LogP contribution >= 0.6 is 0 Å². The lowest BCUT2D eigenvalue weighted by molar-refractivity contribution is 1.19. The quantitative estimate of drug-likeness (QED) is 0.572. The van der Waals surface area contributed by atoms with Crippen LogP contribution in [-0.2, 0) is 0 Å². The molecule has 0 spiro atoms. The predicted octanol–water partition coefficient (Wildman–Crippen LogP) is 3.65. The summed E-state index contributed by atoms with van der Waals surface area (Å²) < 4.78 is 2.01. The molecule has 1 aromatic carbocycles. The molecule has 0 aliphatic heterocycles. The molecular weight excluding hydrogens is 272 g/mol. The van der Waals surface area contributed by atoms with Gasteiger partial charge < -0.3 is 10.1 Å². The number of aromatic nitrogens is 3. The Bertz CT molecular complexity index is 956. The maximum atomic E-state index is 5.91. The Hall–Kier alpha value is -3.14. The Morgan fingerprint density at radius 2 is 1.82 bits per heavy atom. The van der Waals surface area contributed by atoms with E-state index in [1.165, 1.54) is 0 Å². The van der Waals surface area contributed by atoms with Crippen LogP contribution in [0.1, 0.15) is 0 Å². The van der Waals surface area contributed by atoms with Gasteiger partial charge in [-0.1, -0.05) is 18.2 Å².